The molecule has 3 atom stereocenters. The van der Waals surface area contributed by atoms with E-state index in [4.69, 9.17) is 5.26 Å². The van der Waals surface area contributed by atoms with Crippen LogP contribution in [0.2, 0.25) is 0 Å². The van der Waals surface area contributed by atoms with Crippen LogP contribution in [0.15, 0.2) is 29.3 Å². The summed E-state index contributed by atoms with van der Waals surface area (Å²) in [5.74, 6) is -0.899. The number of β-lactam (4-membered cyclic amide) rings is 1. The number of aliphatic carboxylic acids is 1. The maximum absolute atomic E-state index is 12.5. The fraction of sp³-hybridized carbons (Fsp3) is 0.444. The molecule has 3 rings (SSSR count). The first-order valence-corrected chi connectivity index (χ1v) is 9.12. The highest BCUT2D eigenvalue weighted by Crippen LogP contribution is 2.51. The number of carboxylic acid groups (broad SMARTS) is 1. The van der Waals surface area contributed by atoms with Gasteiger partial charge in [0.15, 0.2) is 12.2 Å². The SMILES string of the molecule is Cc1ccc(CC(=N[C@@H]2C(=O)N3[C@@H]2SC(C)(C)[C@H]3C(=O)O)NC#N)cc1.O. The lowest BCUT2D eigenvalue weighted by molar-refractivity contribution is -0.158. The van der Waals surface area contributed by atoms with E-state index < -0.39 is 22.8 Å². The number of carboxylic acids is 1. The number of hydrogen-bond donors (Lipinski definition) is 2. The topological polar surface area (TPSA) is 137 Å². The average molecular weight is 390 g/mol. The maximum Gasteiger partial charge on any atom is 0.327 e. The van der Waals surface area contributed by atoms with Crippen molar-refractivity contribution in [2.75, 3.05) is 0 Å². The Bertz CT molecular complexity index is 816. The Labute approximate surface area is 161 Å². The molecule has 0 spiro atoms. The molecule has 144 valence electrons. The second-order valence-electron chi connectivity index (χ2n) is 7.02. The van der Waals surface area contributed by atoms with Gasteiger partial charge in [-0.05, 0) is 26.3 Å². The summed E-state index contributed by atoms with van der Waals surface area (Å²) in [6, 6.07) is 6.33. The van der Waals surface area contributed by atoms with Gasteiger partial charge in [0.05, 0.1) is 0 Å². The zero-order valence-electron chi connectivity index (χ0n) is 15.3. The van der Waals surface area contributed by atoms with Gasteiger partial charge >= 0.3 is 5.97 Å². The van der Waals surface area contributed by atoms with E-state index in [0.717, 1.165) is 11.1 Å². The molecule has 2 aliphatic rings. The lowest BCUT2D eigenvalue weighted by Crippen LogP contribution is -2.65. The predicted octanol–water partition coefficient (Wildman–Crippen LogP) is 0.697. The second kappa shape index (κ2) is 7.58. The molecule has 0 radical (unpaired) electrons. The van der Waals surface area contributed by atoms with E-state index in [9.17, 15) is 14.7 Å². The van der Waals surface area contributed by atoms with Crippen molar-refractivity contribution in [1.82, 2.24) is 10.2 Å². The van der Waals surface area contributed by atoms with E-state index in [1.54, 1.807) is 0 Å². The third-order valence-electron chi connectivity index (χ3n) is 4.63. The first-order chi connectivity index (χ1) is 12.2. The minimum absolute atomic E-state index is 0. The number of hydrogen-bond acceptors (Lipinski definition) is 5. The van der Waals surface area contributed by atoms with E-state index in [1.165, 1.54) is 16.7 Å². The Balaban J connectivity index is 0.00000261. The van der Waals surface area contributed by atoms with Crippen LogP contribution in [0, 0.1) is 18.4 Å². The van der Waals surface area contributed by atoms with Crippen LogP contribution in [-0.4, -0.2) is 55.4 Å². The van der Waals surface area contributed by atoms with Gasteiger partial charge in [-0.1, -0.05) is 29.8 Å². The Kier molecular flexibility index (Phi) is 5.82. The molecule has 1 amide bonds. The molecule has 0 aliphatic carbocycles. The fourth-order valence-corrected chi connectivity index (χ4v) is 4.98. The molecule has 1 aromatic carbocycles. The largest absolute Gasteiger partial charge is 0.480 e. The smallest absolute Gasteiger partial charge is 0.327 e. The van der Waals surface area contributed by atoms with Crippen LogP contribution < -0.4 is 5.32 Å². The van der Waals surface area contributed by atoms with E-state index in [-0.39, 0.29) is 16.8 Å². The molecular formula is C18H22N4O4S. The molecule has 27 heavy (non-hydrogen) atoms. The Hall–Kier alpha value is -2.57. The molecule has 2 fully saturated rings. The number of carbonyl (C=O) groups is 2. The number of fused-ring (bicyclic) bond motifs is 1. The van der Waals surface area contributed by atoms with Gasteiger partial charge in [0.2, 0.25) is 0 Å². The minimum Gasteiger partial charge on any atom is -0.480 e. The summed E-state index contributed by atoms with van der Waals surface area (Å²) >= 11 is 1.44. The molecule has 0 bridgehead atoms. The highest BCUT2D eigenvalue weighted by atomic mass is 32.2. The molecule has 4 N–H and O–H groups in total. The standard InChI is InChI=1S/C18H20N4O3S.H2O/c1-10-4-6-11(7-5-10)8-12(20-9-19)21-13-15(23)22-14(17(24)25)18(2,3)26-16(13)22;/h4-7,13-14,16H,8H2,1-3H3,(H,20,21)(H,24,25);1H2/t13-,14-,16-;/m1./s1. The van der Waals surface area contributed by atoms with Gasteiger partial charge in [-0.15, -0.1) is 11.8 Å². The van der Waals surface area contributed by atoms with Gasteiger partial charge in [0.1, 0.15) is 17.3 Å². The summed E-state index contributed by atoms with van der Waals surface area (Å²) in [4.78, 5) is 29.9. The molecule has 0 saturated carbocycles. The third-order valence-corrected chi connectivity index (χ3v) is 6.19. The summed E-state index contributed by atoms with van der Waals surface area (Å²) < 4.78 is -0.587. The van der Waals surface area contributed by atoms with E-state index in [2.05, 4.69) is 10.3 Å². The van der Waals surface area contributed by atoms with E-state index in [0.29, 0.717) is 12.3 Å². The van der Waals surface area contributed by atoms with E-state index in [1.807, 2.05) is 51.2 Å². The molecule has 2 saturated heterocycles. The maximum atomic E-state index is 12.5. The average Bonchev–Trinajstić information content (AvgIpc) is 2.83. The summed E-state index contributed by atoms with van der Waals surface area (Å²) in [5, 5.41) is 20.7. The lowest BCUT2D eigenvalue weighted by Gasteiger charge is -2.41. The van der Waals surface area contributed by atoms with Crippen LogP contribution in [0.5, 0.6) is 0 Å². The summed E-state index contributed by atoms with van der Waals surface area (Å²) in [6.07, 6.45) is 2.27. The highest BCUT2D eigenvalue weighted by Gasteiger charge is 2.64. The van der Waals surface area contributed by atoms with Crippen molar-refractivity contribution < 1.29 is 20.2 Å². The number of rotatable bonds is 4. The highest BCUT2D eigenvalue weighted by molar-refractivity contribution is 8.01. The first kappa shape index (κ1) is 20.7. The number of nitrogens with zero attached hydrogens (tertiary/aromatic N) is 3. The van der Waals surface area contributed by atoms with Crippen molar-refractivity contribution in [2.45, 2.75) is 49.4 Å². The van der Waals surface area contributed by atoms with Crippen molar-refractivity contribution in [3.63, 3.8) is 0 Å². The van der Waals surface area contributed by atoms with Gasteiger partial charge in [-0.2, -0.15) is 5.26 Å². The van der Waals surface area contributed by atoms with Crippen molar-refractivity contribution in [2.24, 2.45) is 4.99 Å². The van der Waals surface area contributed by atoms with E-state index >= 15 is 0 Å². The number of thioether (sulfide) groups is 1. The number of aliphatic imine (C=N–C) groups is 1. The Morgan fingerprint density at radius 3 is 2.59 bits per heavy atom. The number of amides is 1. The number of amidine groups is 1. The lowest BCUT2D eigenvalue weighted by atomic mass is 9.96. The zero-order chi connectivity index (χ0) is 19.1. The van der Waals surface area contributed by atoms with Crippen LogP contribution in [-0.2, 0) is 16.0 Å². The quantitative estimate of drug-likeness (QED) is 0.255. The second-order valence-corrected chi connectivity index (χ2v) is 8.79. The number of benzene rings is 1. The van der Waals surface area contributed by atoms with Gasteiger partial charge in [-0.3, -0.25) is 15.1 Å². The van der Waals surface area contributed by atoms with Crippen molar-refractivity contribution >= 4 is 29.5 Å². The Morgan fingerprint density at radius 2 is 2.04 bits per heavy atom. The molecule has 0 unspecified atom stereocenters. The summed E-state index contributed by atoms with van der Waals surface area (Å²) in [6.45, 7) is 5.64. The monoisotopic (exact) mass is 390 g/mol. The minimum atomic E-state index is -1.00. The van der Waals surface area contributed by atoms with Crippen LogP contribution in [0.1, 0.15) is 25.0 Å². The predicted molar refractivity (Wildman–Crippen MR) is 102 cm³/mol. The van der Waals surface area contributed by atoms with Crippen molar-refractivity contribution in [3.05, 3.63) is 35.4 Å². The Morgan fingerprint density at radius 1 is 1.41 bits per heavy atom. The number of nitriles is 1. The number of aryl methyl sites for hydroxylation is 1. The fourth-order valence-electron chi connectivity index (χ4n) is 3.37. The van der Waals surface area contributed by atoms with Crippen molar-refractivity contribution in [1.29, 1.82) is 5.26 Å². The summed E-state index contributed by atoms with van der Waals surface area (Å²) in [7, 11) is 0. The van der Waals surface area contributed by atoms with Crippen LogP contribution >= 0.6 is 11.8 Å². The normalized spacial score (nSPS) is 25.7. The number of nitrogens with one attached hydrogen (secondary N) is 1. The first-order valence-electron chi connectivity index (χ1n) is 8.24. The van der Waals surface area contributed by atoms with Crippen LogP contribution in [0.4, 0.5) is 0 Å². The molecule has 2 heterocycles. The molecule has 0 aromatic heterocycles. The molecule has 2 aliphatic heterocycles. The zero-order valence-corrected chi connectivity index (χ0v) is 16.1. The van der Waals surface area contributed by atoms with Crippen LogP contribution in [0.25, 0.3) is 0 Å². The molecular weight excluding hydrogens is 368 g/mol. The number of carbonyl (C=O) groups excluding carboxylic acids is 1. The molecule has 1 aromatic rings. The van der Waals surface area contributed by atoms with Crippen LogP contribution in [0.3, 0.4) is 0 Å². The van der Waals surface area contributed by atoms with Gasteiger partial charge in [0, 0.05) is 11.2 Å². The third kappa shape index (κ3) is 3.77. The van der Waals surface area contributed by atoms with Gasteiger partial charge in [0.25, 0.3) is 5.91 Å². The van der Waals surface area contributed by atoms with Gasteiger partial charge in [-0.25, -0.2) is 4.79 Å². The van der Waals surface area contributed by atoms with Gasteiger partial charge < -0.3 is 15.5 Å². The molecule has 8 nitrogen and oxygen atoms in total. The van der Waals surface area contributed by atoms with Crippen molar-refractivity contribution in [3.8, 4) is 6.19 Å². The summed E-state index contributed by atoms with van der Waals surface area (Å²) in [5.41, 5.74) is 2.11. The molecule has 9 heteroatoms.